The molecule has 0 aliphatic carbocycles. The zero-order valence-corrected chi connectivity index (χ0v) is 13.8. The van der Waals surface area contributed by atoms with Crippen molar-refractivity contribution in [2.45, 2.75) is 31.3 Å². The Morgan fingerprint density at radius 2 is 2.00 bits per heavy atom. The molecule has 1 aromatic carbocycles. The van der Waals surface area contributed by atoms with E-state index in [0.29, 0.717) is 4.31 Å². The van der Waals surface area contributed by atoms with Gasteiger partial charge in [-0.25, -0.2) is 13.2 Å². The van der Waals surface area contributed by atoms with E-state index >= 15 is 0 Å². The lowest BCUT2D eigenvalue weighted by molar-refractivity contribution is 0.0381. The SMILES string of the molecule is CC(C)(C)OC(=O)N1CCOc2ccc(B(O)O)cc2S1(=O)=O. The standard InChI is InChI=1S/C13H18BNO7S/c1-13(2,3)22-12(16)15-6-7-21-10-5-4-9(14(17)18)8-11(10)23(15,19)20/h4-5,8,17-18H,6-7H2,1-3H3. The molecule has 126 valence electrons. The Balaban J connectivity index is 2.47. The molecule has 0 fully saturated rings. The Bertz CT molecular complexity index is 712. The third-order valence-corrected chi connectivity index (χ3v) is 4.77. The molecular formula is C13H18BNO7S. The smallest absolute Gasteiger partial charge is 0.488 e. The fourth-order valence-electron chi connectivity index (χ4n) is 1.99. The van der Waals surface area contributed by atoms with Crippen LogP contribution in [-0.2, 0) is 14.8 Å². The number of ether oxygens (including phenoxy) is 2. The number of amides is 1. The molecule has 0 atom stereocenters. The zero-order chi connectivity index (χ0) is 17.4. The largest absolute Gasteiger partial charge is 0.490 e. The highest BCUT2D eigenvalue weighted by Gasteiger charge is 2.37. The summed E-state index contributed by atoms with van der Waals surface area (Å²) in [5.74, 6) is 0.0421. The molecule has 0 unspecified atom stereocenters. The maximum atomic E-state index is 12.7. The molecule has 1 amide bonds. The lowest BCUT2D eigenvalue weighted by Crippen LogP contribution is -2.42. The first kappa shape index (κ1) is 17.6. The van der Waals surface area contributed by atoms with Crippen molar-refractivity contribution in [1.82, 2.24) is 4.31 Å². The number of fused-ring (bicyclic) bond motifs is 1. The molecule has 0 saturated carbocycles. The summed E-state index contributed by atoms with van der Waals surface area (Å²) in [6.45, 7) is 4.63. The van der Waals surface area contributed by atoms with Gasteiger partial charge in [0.25, 0.3) is 10.0 Å². The summed E-state index contributed by atoms with van der Waals surface area (Å²) in [7, 11) is -6.07. The van der Waals surface area contributed by atoms with Crippen molar-refractivity contribution < 1.29 is 32.7 Å². The molecule has 0 spiro atoms. The molecule has 0 aromatic heterocycles. The molecule has 0 bridgehead atoms. The van der Waals surface area contributed by atoms with Crippen molar-refractivity contribution in [3.05, 3.63) is 18.2 Å². The Hall–Kier alpha value is -1.78. The molecule has 0 saturated heterocycles. The summed E-state index contributed by atoms with van der Waals surface area (Å²) in [6.07, 6.45) is -1.01. The first-order valence-electron chi connectivity index (χ1n) is 6.91. The lowest BCUT2D eigenvalue weighted by atomic mass is 9.80. The summed E-state index contributed by atoms with van der Waals surface area (Å²) >= 11 is 0. The minimum atomic E-state index is -4.24. The van der Waals surface area contributed by atoms with Gasteiger partial charge in [0, 0.05) is 0 Å². The number of hydrogen-bond donors (Lipinski definition) is 2. The molecular weight excluding hydrogens is 325 g/mol. The van der Waals surface area contributed by atoms with Crippen LogP contribution in [0.1, 0.15) is 20.8 Å². The number of sulfonamides is 1. The van der Waals surface area contributed by atoms with Gasteiger partial charge in [0.2, 0.25) is 0 Å². The number of benzene rings is 1. The van der Waals surface area contributed by atoms with Gasteiger partial charge in [0.05, 0.1) is 6.54 Å². The first-order valence-corrected chi connectivity index (χ1v) is 8.35. The molecule has 1 aromatic rings. The van der Waals surface area contributed by atoms with Crippen molar-refractivity contribution in [3.63, 3.8) is 0 Å². The van der Waals surface area contributed by atoms with E-state index in [-0.39, 0.29) is 29.3 Å². The number of nitrogens with zero attached hydrogens (tertiary/aromatic N) is 1. The number of carbonyl (C=O) groups is 1. The maximum absolute atomic E-state index is 12.7. The third kappa shape index (κ3) is 3.77. The first-order chi connectivity index (χ1) is 10.5. The molecule has 1 aliphatic rings. The van der Waals surface area contributed by atoms with Gasteiger partial charge in [-0.1, -0.05) is 6.07 Å². The van der Waals surface area contributed by atoms with Gasteiger partial charge < -0.3 is 19.5 Å². The zero-order valence-electron chi connectivity index (χ0n) is 13.0. The molecule has 2 rings (SSSR count). The maximum Gasteiger partial charge on any atom is 0.488 e. The summed E-state index contributed by atoms with van der Waals surface area (Å²) in [5, 5.41) is 18.4. The second kappa shape index (κ2) is 6.02. The highest BCUT2D eigenvalue weighted by Crippen LogP contribution is 2.29. The minimum Gasteiger partial charge on any atom is -0.490 e. The van der Waals surface area contributed by atoms with E-state index in [1.807, 2.05) is 0 Å². The second-order valence-corrected chi connectivity index (χ2v) is 7.82. The predicted molar refractivity (Wildman–Crippen MR) is 81.9 cm³/mol. The van der Waals surface area contributed by atoms with Gasteiger partial charge in [-0.15, -0.1) is 0 Å². The van der Waals surface area contributed by atoms with Crippen LogP contribution in [0.2, 0.25) is 0 Å². The summed E-state index contributed by atoms with van der Waals surface area (Å²) < 4.78 is 36.4. The van der Waals surface area contributed by atoms with Crippen molar-refractivity contribution >= 4 is 28.7 Å². The molecule has 23 heavy (non-hydrogen) atoms. The monoisotopic (exact) mass is 343 g/mol. The van der Waals surface area contributed by atoms with Crippen LogP contribution in [-0.4, -0.2) is 54.7 Å². The van der Waals surface area contributed by atoms with Crippen LogP contribution in [0.5, 0.6) is 5.75 Å². The van der Waals surface area contributed by atoms with Crippen LogP contribution in [0.3, 0.4) is 0 Å². The summed E-state index contributed by atoms with van der Waals surface area (Å²) in [6, 6.07) is 3.72. The van der Waals surface area contributed by atoms with E-state index in [2.05, 4.69) is 0 Å². The van der Waals surface area contributed by atoms with Crippen LogP contribution in [0, 0.1) is 0 Å². The highest BCUT2D eigenvalue weighted by atomic mass is 32.2. The Kier molecular flexibility index (Phi) is 4.60. The molecule has 8 nitrogen and oxygen atoms in total. The Labute approximate surface area is 134 Å². The van der Waals surface area contributed by atoms with Crippen LogP contribution in [0.15, 0.2) is 23.1 Å². The van der Waals surface area contributed by atoms with E-state index in [0.717, 1.165) is 6.07 Å². The number of carbonyl (C=O) groups excluding carboxylic acids is 1. The Morgan fingerprint density at radius 3 is 2.57 bits per heavy atom. The molecule has 1 heterocycles. The van der Waals surface area contributed by atoms with Gasteiger partial charge in [-0.3, -0.25) is 0 Å². The molecule has 0 radical (unpaired) electrons. The van der Waals surface area contributed by atoms with Crippen LogP contribution in [0.4, 0.5) is 4.79 Å². The normalized spacial score (nSPS) is 16.8. The highest BCUT2D eigenvalue weighted by molar-refractivity contribution is 7.89. The van der Waals surface area contributed by atoms with Gasteiger partial charge in [-0.05, 0) is 38.4 Å². The summed E-state index contributed by atoms with van der Waals surface area (Å²) in [5.41, 5.74) is -0.881. The fraction of sp³-hybridized carbons (Fsp3) is 0.462. The van der Waals surface area contributed by atoms with E-state index in [1.54, 1.807) is 20.8 Å². The second-order valence-electron chi connectivity index (χ2n) is 5.99. The molecule has 1 aliphatic heterocycles. The lowest BCUT2D eigenvalue weighted by Gasteiger charge is -2.25. The van der Waals surface area contributed by atoms with Crippen LogP contribution >= 0.6 is 0 Å². The number of rotatable bonds is 1. The third-order valence-electron chi connectivity index (χ3n) is 2.98. The number of hydrogen-bond acceptors (Lipinski definition) is 7. The average molecular weight is 343 g/mol. The minimum absolute atomic E-state index is 0.0260. The molecule has 10 heteroatoms. The van der Waals surface area contributed by atoms with Gasteiger partial charge >= 0.3 is 13.2 Å². The van der Waals surface area contributed by atoms with Crippen molar-refractivity contribution in [1.29, 1.82) is 0 Å². The van der Waals surface area contributed by atoms with Crippen molar-refractivity contribution in [2.75, 3.05) is 13.2 Å². The van der Waals surface area contributed by atoms with Gasteiger partial charge in [0.1, 0.15) is 22.9 Å². The fourth-order valence-corrected chi connectivity index (χ4v) is 3.44. The van der Waals surface area contributed by atoms with E-state index in [4.69, 9.17) is 9.47 Å². The van der Waals surface area contributed by atoms with Crippen LogP contribution in [0.25, 0.3) is 0 Å². The van der Waals surface area contributed by atoms with Crippen LogP contribution < -0.4 is 10.2 Å². The van der Waals surface area contributed by atoms with E-state index < -0.39 is 28.8 Å². The van der Waals surface area contributed by atoms with Crippen molar-refractivity contribution in [3.8, 4) is 5.75 Å². The van der Waals surface area contributed by atoms with Gasteiger partial charge in [-0.2, -0.15) is 4.31 Å². The average Bonchev–Trinajstić information content (AvgIpc) is 2.53. The molecule has 2 N–H and O–H groups in total. The van der Waals surface area contributed by atoms with E-state index in [9.17, 15) is 23.3 Å². The summed E-state index contributed by atoms with van der Waals surface area (Å²) in [4.78, 5) is 11.9. The van der Waals surface area contributed by atoms with Crippen molar-refractivity contribution in [2.24, 2.45) is 0 Å². The van der Waals surface area contributed by atoms with E-state index in [1.165, 1.54) is 12.1 Å². The predicted octanol–water partition coefficient (Wildman–Crippen LogP) is -0.315. The Morgan fingerprint density at radius 1 is 1.35 bits per heavy atom. The quantitative estimate of drug-likeness (QED) is 0.672. The topological polar surface area (TPSA) is 113 Å². The van der Waals surface area contributed by atoms with Gasteiger partial charge in [0.15, 0.2) is 0 Å².